The smallest absolute Gasteiger partial charge is 0.142 e. The molecular weight excluding hydrogens is 308 g/mol. The molecule has 0 N–H and O–H groups in total. The van der Waals surface area contributed by atoms with Crippen molar-refractivity contribution in [1.29, 1.82) is 0 Å². The van der Waals surface area contributed by atoms with Crippen LogP contribution in [0.25, 0.3) is 0 Å². The SMILES string of the molecule is CC(C)c1cc(I)c(Cl)nc1C(C)C. The number of rotatable bonds is 2. The maximum atomic E-state index is 6.02. The van der Waals surface area contributed by atoms with E-state index in [1.807, 2.05) is 0 Å². The van der Waals surface area contributed by atoms with E-state index >= 15 is 0 Å². The molecule has 3 heteroatoms. The normalized spacial score (nSPS) is 11.4. The van der Waals surface area contributed by atoms with Crippen LogP contribution in [0.15, 0.2) is 6.07 Å². The molecule has 1 heterocycles. The first-order chi connectivity index (χ1) is 6.43. The van der Waals surface area contributed by atoms with E-state index < -0.39 is 0 Å². The molecule has 0 atom stereocenters. The highest BCUT2D eigenvalue weighted by Crippen LogP contribution is 2.29. The van der Waals surface area contributed by atoms with E-state index in [0.717, 1.165) is 9.26 Å². The summed E-state index contributed by atoms with van der Waals surface area (Å²) in [5, 5.41) is 0.624. The van der Waals surface area contributed by atoms with Crippen molar-refractivity contribution < 1.29 is 0 Å². The largest absolute Gasteiger partial charge is 0.239 e. The van der Waals surface area contributed by atoms with Gasteiger partial charge in [-0.05, 0) is 46.1 Å². The summed E-state index contributed by atoms with van der Waals surface area (Å²) in [5.74, 6) is 0.938. The molecule has 14 heavy (non-hydrogen) atoms. The molecule has 1 aromatic heterocycles. The van der Waals surface area contributed by atoms with Gasteiger partial charge >= 0.3 is 0 Å². The van der Waals surface area contributed by atoms with Crippen LogP contribution in [0.5, 0.6) is 0 Å². The van der Waals surface area contributed by atoms with Crippen LogP contribution in [-0.2, 0) is 0 Å². The Hall–Kier alpha value is 0.170. The van der Waals surface area contributed by atoms with E-state index in [9.17, 15) is 0 Å². The van der Waals surface area contributed by atoms with Gasteiger partial charge in [0.15, 0.2) is 0 Å². The molecule has 0 radical (unpaired) electrons. The lowest BCUT2D eigenvalue weighted by atomic mass is 9.96. The third-order valence-electron chi connectivity index (χ3n) is 2.16. The summed E-state index contributed by atoms with van der Waals surface area (Å²) in [5.41, 5.74) is 2.44. The van der Waals surface area contributed by atoms with Gasteiger partial charge in [-0.3, -0.25) is 0 Å². The third kappa shape index (κ3) is 2.60. The lowest BCUT2D eigenvalue weighted by molar-refractivity contribution is 0.756. The predicted octanol–water partition coefficient (Wildman–Crippen LogP) is 4.59. The van der Waals surface area contributed by atoms with Crippen molar-refractivity contribution in [2.24, 2.45) is 0 Å². The van der Waals surface area contributed by atoms with E-state index in [-0.39, 0.29) is 0 Å². The van der Waals surface area contributed by atoms with Gasteiger partial charge in [-0.2, -0.15) is 0 Å². The molecule has 1 rings (SSSR count). The lowest BCUT2D eigenvalue weighted by Gasteiger charge is -2.15. The van der Waals surface area contributed by atoms with E-state index in [0.29, 0.717) is 17.0 Å². The Morgan fingerprint density at radius 3 is 2.21 bits per heavy atom. The van der Waals surface area contributed by atoms with Crippen LogP contribution in [0.1, 0.15) is 50.8 Å². The van der Waals surface area contributed by atoms with Crippen molar-refractivity contribution in [2.75, 3.05) is 0 Å². The molecule has 0 saturated heterocycles. The number of aromatic nitrogens is 1. The topological polar surface area (TPSA) is 12.9 Å². The zero-order valence-corrected chi connectivity index (χ0v) is 11.8. The molecule has 0 amide bonds. The summed E-state index contributed by atoms with van der Waals surface area (Å²) < 4.78 is 1.04. The molecule has 0 unspecified atom stereocenters. The Kier molecular flexibility index (Phi) is 4.19. The Balaban J connectivity index is 3.31. The van der Waals surface area contributed by atoms with Crippen molar-refractivity contribution in [3.63, 3.8) is 0 Å². The van der Waals surface area contributed by atoms with E-state index in [1.54, 1.807) is 0 Å². The minimum absolute atomic E-state index is 0.432. The highest BCUT2D eigenvalue weighted by Gasteiger charge is 2.14. The maximum Gasteiger partial charge on any atom is 0.142 e. The monoisotopic (exact) mass is 323 g/mol. The first-order valence-electron chi connectivity index (χ1n) is 4.79. The molecular formula is C11H15ClIN. The Bertz CT molecular complexity index is 301. The molecule has 0 spiro atoms. The molecule has 1 aromatic rings. The fraction of sp³-hybridized carbons (Fsp3) is 0.545. The van der Waals surface area contributed by atoms with Crippen molar-refractivity contribution in [3.8, 4) is 0 Å². The molecule has 0 aromatic carbocycles. The molecule has 0 aliphatic rings. The van der Waals surface area contributed by atoms with E-state index in [1.165, 1.54) is 5.56 Å². The second-order valence-corrected chi connectivity index (χ2v) is 5.57. The zero-order valence-electron chi connectivity index (χ0n) is 8.94. The first kappa shape index (κ1) is 12.2. The molecule has 0 saturated carbocycles. The van der Waals surface area contributed by atoms with Gasteiger partial charge in [0.1, 0.15) is 5.15 Å². The average Bonchev–Trinajstić information content (AvgIpc) is 2.08. The molecule has 0 aliphatic carbocycles. The second-order valence-electron chi connectivity index (χ2n) is 4.04. The highest BCUT2D eigenvalue weighted by atomic mass is 127. The van der Waals surface area contributed by atoms with Gasteiger partial charge in [0.2, 0.25) is 0 Å². The Morgan fingerprint density at radius 1 is 1.21 bits per heavy atom. The van der Waals surface area contributed by atoms with Crippen LogP contribution in [0, 0.1) is 3.57 Å². The fourth-order valence-electron chi connectivity index (χ4n) is 1.42. The summed E-state index contributed by atoms with van der Waals surface area (Å²) in [6, 6.07) is 2.15. The number of hydrogen-bond acceptors (Lipinski definition) is 1. The van der Waals surface area contributed by atoms with Gasteiger partial charge in [-0.15, -0.1) is 0 Å². The summed E-state index contributed by atoms with van der Waals surface area (Å²) in [7, 11) is 0. The minimum atomic E-state index is 0.432. The van der Waals surface area contributed by atoms with Crippen molar-refractivity contribution in [3.05, 3.63) is 26.0 Å². The Labute approximate surface area is 104 Å². The third-order valence-corrected chi connectivity index (χ3v) is 3.59. The van der Waals surface area contributed by atoms with Crippen LogP contribution >= 0.6 is 34.2 Å². The van der Waals surface area contributed by atoms with Crippen LogP contribution < -0.4 is 0 Å². The van der Waals surface area contributed by atoms with Gasteiger partial charge < -0.3 is 0 Å². The fourth-order valence-corrected chi connectivity index (χ4v) is 2.02. The summed E-state index contributed by atoms with van der Waals surface area (Å²) in [4.78, 5) is 4.45. The molecule has 1 nitrogen and oxygen atoms in total. The summed E-state index contributed by atoms with van der Waals surface area (Å²) in [6.45, 7) is 8.68. The van der Waals surface area contributed by atoms with E-state index in [4.69, 9.17) is 11.6 Å². The highest BCUT2D eigenvalue weighted by molar-refractivity contribution is 14.1. The number of halogens is 2. The number of pyridine rings is 1. The first-order valence-corrected chi connectivity index (χ1v) is 6.25. The maximum absolute atomic E-state index is 6.02. The average molecular weight is 324 g/mol. The standard InChI is InChI=1S/C11H15ClIN/c1-6(2)8-5-9(13)11(12)14-10(8)7(3)4/h5-7H,1-4H3. The van der Waals surface area contributed by atoms with Crippen molar-refractivity contribution in [2.45, 2.75) is 39.5 Å². The molecule has 0 aliphatic heterocycles. The van der Waals surface area contributed by atoms with Gasteiger partial charge in [-0.1, -0.05) is 39.3 Å². The number of nitrogens with zero attached hydrogens (tertiary/aromatic N) is 1. The molecule has 78 valence electrons. The summed E-state index contributed by atoms with van der Waals surface area (Å²) >= 11 is 8.24. The number of hydrogen-bond donors (Lipinski definition) is 0. The van der Waals surface area contributed by atoms with Gasteiger partial charge in [0.05, 0.1) is 3.57 Å². The van der Waals surface area contributed by atoms with Crippen LogP contribution in [0.3, 0.4) is 0 Å². The molecule has 0 fully saturated rings. The van der Waals surface area contributed by atoms with Gasteiger partial charge in [-0.25, -0.2) is 4.98 Å². The van der Waals surface area contributed by atoms with Crippen LogP contribution in [0.2, 0.25) is 5.15 Å². The van der Waals surface area contributed by atoms with E-state index in [2.05, 4.69) is 61.3 Å². The second kappa shape index (κ2) is 4.79. The van der Waals surface area contributed by atoms with Crippen LogP contribution in [0.4, 0.5) is 0 Å². The lowest BCUT2D eigenvalue weighted by Crippen LogP contribution is -2.03. The Morgan fingerprint density at radius 2 is 1.79 bits per heavy atom. The quantitative estimate of drug-likeness (QED) is 0.573. The van der Waals surface area contributed by atoms with Crippen molar-refractivity contribution in [1.82, 2.24) is 4.98 Å². The summed E-state index contributed by atoms with van der Waals surface area (Å²) in [6.07, 6.45) is 0. The zero-order chi connectivity index (χ0) is 10.9. The molecule has 0 bridgehead atoms. The van der Waals surface area contributed by atoms with Crippen molar-refractivity contribution >= 4 is 34.2 Å². The van der Waals surface area contributed by atoms with Gasteiger partial charge in [0, 0.05) is 5.69 Å². The van der Waals surface area contributed by atoms with Crippen LogP contribution in [-0.4, -0.2) is 4.98 Å². The minimum Gasteiger partial charge on any atom is -0.239 e. The van der Waals surface area contributed by atoms with Gasteiger partial charge in [0.25, 0.3) is 0 Å². The predicted molar refractivity (Wildman–Crippen MR) is 70.1 cm³/mol.